The van der Waals surface area contributed by atoms with Gasteiger partial charge < -0.3 is 5.21 Å². The highest BCUT2D eigenvalue weighted by molar-refractivity contribution is 5.51. The molecule has 0 aliphatic heterocycles. The fourth-order valence-corrected chi connectivity index (χ4v) is 0.155. The molecule has 6 heteroatoms. The molecule has 2 N–H and O–H groups in total. The van der Waals surface area contributed by atoms with Crippen LogP contribution in [0, 0.1) is 4.91 Å². The predicted octanol–water partition coefficient (Wildman–Crippen LogP) is -0.181. The van der Waals surface area contributed by atoms with Crippen molar-refractivity contribution in [3.63, 3.8) is 0 Å². The Morgan fingerprint density at radius 3 is 2.75 bits per heavy atom. The minimum absolute atomic E-state index is 0.340. The SMILES string of the molecule is O=NCN(O)C=NO. The molecule has 46 valence electrons. The van der Waals surface area contributed by atoms with Gasteiger partial charge in [-0.3, -0.25) is 5.21 Å². The maximum atomic E-state index is 9.30. The molecule has 8 heavy (non-hydrogen) atoms. The molecule has 6 nitrogen and oxygen atoms in total. The third kappa shape index (κ3) is 3.04. The van der Waals surface area contributed by atoms with Gasteiger partial charge in [-0.25, -0.2) is 5.06 Å². The highest BCUT2D eigenvalue weighted by Gasteiger charge is 1.88. The van der Waals surface area contributed by atoms with Gasteiger partial charge in [0, 0.05) is 0 Å². The molecular weight excluding hydrogens is 114 g/mol. The lowest BCUT2D eigenvalue weighted by molar-refractivity contribution is -0.00826. The van der Waals surface area contributed by atoms with E-state index in [2.05, 4.69) is 10.3 Å². The second-order valence-corrected chi connectivity index (χ2v) is 0.941. The summed E-state index contributed by atoms with van der Waals surface area (Å²) in [5.74, 6) is 0. The zero-order valence-corrected chi connectivity index (χ0v) is 3.93. The monoisotopic (exact) mass is 119 g/mol. The molecule has 0 amide bonds. The van der Waals surface area contributed by atoms with Gasteiger partial charge in [0.05, 0.1) is 0 Å². The van der Waals surface area contributed by atoms with E-state index in [0.29, 0.717) is 11.4 Å². The van der Waals surface area contributed by atoms with Crippen molar-refractivity contribution < 1.29 is 10.4 Å². The van der Waals surface area contributed by atoms with E-state index in [1.807, 2.05) is 0 Å². The minimum atomic E-state index is -0.440. The topological polar surface area (TPSA) is 85.5 Å². The molecule has 0 heterocycles. The quantitative estimate of drug-likeness (QED) is 0.177. The molecule has 0 fully saturated rings. The van der Waals surface area contributed by atoms with Crippen LogP contribution in [0.2, 0.25) is 0 Å². The zero-order chi connectivity index (χ0) is 6.41. The Kier molecular flexibility index (Phi) is 3.42. The predicted molar refractivity (Wildman–Crippen MR) is 24.6 cm³/mol. The third-order valence-corrected chi connectivity index (χ3v) is 0.388. The van der Waals surface area contributed by atoms with E-state index in [1.165, 1.54) is 0 Å². The highest BCUT2D eigenvalue weighted by atomic mass is 16.5. The molecule has 0 aromatic heterocycles. The summed E-state index contributed by atoms with van der Waals surface area (Å²) in [5.41, 5.74) is 0. The van der Waals surface area contributed by atoms with Crippen molar-refractivity contribution in [3.05, 3.63) is 4.91 Å². The van der Waals surface area contributed by atoms with E-state index in [1.54, 1.807) is 0 Å². The van der Waals surface area contributed by atoms with Gasteiger partial charge in [-0.15, -0.1) is 4.91 Å². The number of hydroxylamine groups is 2. The van der Waals surface area contributed by atoms with Crippen molar-refractivity contribution in [2.75, 3.05) is 6.67 Å². The smallest absolute Gasteiger partial charge is 0.178 e. The van der Waals surface area contributed by atoms with Gasteiger partial charge in [-0.05, 0) is 5.18 Å². The second kappa shape index (κ2) is 4.00. The van der Waals surface area contributed by atoms with Crippen LogP contribution in [0.5, 0.6) is 0 Å². The maximum absolute atomic E-state index is 9.30. The summed E-state index contributed by atoms with van der Waals surface area (Å²) in [5, 5.41) is 21.0. The van der Waals surface area contributed by atoms with E-state index >= 15 is 0 Å². The first-order valence-corrected chi connectivity index (χ1v) is 1.73. The number of hydrogen-bond acceptors (Lipinski definition) is 5. The fraction of sp³-hybridized carbons (Fsp3) is 0.500. The van der Waals surface area contributed by atoms with Crippen LogP contribution < -0.4 is 0 Å². The van der Waals surface area contributed by atoms with Crippen LogP contribution in [-0.4, -0.2) is 28.5 Å². The third-order valence-electron chi connectivity index (χ3n) is 0.388. The molecule has 0 aliphatic carbocycles. The molecular formula is C2H5N3O3. The molecule has 0 radical (unpaired) electrons. The number of nitroso groups, excluding NO2 is 1. The van der Waals surface area contributed by atoms with Crippen molar-refractivity contribution >= 4 is 6.34 Å². The summed E-state index contributed by atoms with van der Waals surface area (Å²) >= 11 is 0. The molecule has 0 atom stereocenters. The van der Waals surface area contributed by atoms with Crippen molar-refractivity contribution in [1.82, 2.24) is 5.06 Å². The lowest BCUT2D eigenvalue weighted by Crippen LogP contribution is -2.15. The first kappa shape index (κ1) is 6.83. The minimum Gasteiger partial charge on any atom is -0.410 e. The van der Waals surface area contributed by atoms with Crippen LogP contribution in [0.1, 0.15) is 0 Å². The van der Waals surface area contributed by atoms with Gasteiger partial charge in [0.25, 0.3) is 0 Å². The van der Waals surface area contributed by atoms with Crippen molar-refractivity contribution in [1.29, 1.82) is 0 Å². The lowest BCUT2D eigenvalue weighted by atomic mass is 11.0. The van der Waals surface area contributed by atoms with Gasteiger partial charge in [-0.1, -0.05) is 5.16 Å². The van der Waals surface area contributed by atoms with Gasteiger partial charge >= 0.3 is 0 Å². The van der Waals surface area contributed by atoms with Crippen molar-refractivity contribution in [2.45, 2.75) is 0 Å². The molecule has 0 unspecified atom stereocenters. The Morgan fingerprint density at radius 1 is 1.75 bits per heavy atom. The first-order valence-electron chi connectivity index (χ1n) is 1.73. The number of hydrogen-bond donors (Lipinski definition) is 2. The van der Waals surface area contributed by atoms with Crippen LogP contribution in [0.15, 0.2) is 10.3 Å². The molecule has 0 aromatic rings. The van der Waals surface area contributed by atoms with E-state index in [4.69, 9.17) is 10.4 Å². The highest BCUT2D eigenvalue weighted by Crippen LogP contribution is 1.73. The molecule has 0 bridgehead atoms. The maximum Gasteiger partial charge on any atom is 0.178 e. The average molecular weight is 119 g/mol. The summed E-state index contributed by atoms with van der Waals surface area (Å²) in [6.07, 6.45) is 0.654. The Labute approximate surface area is 45.0 Å². The molecule has 0 saturated carbocycles. The zero-order valence-electron chi connectivity index (χ0n) is 3.93. The number of oxime groups is 1. The summed E-state index contributed by atoms with van der Waals surface area (Å²) in [6, 6.07) is 0. The standard InChI is InChI=1S/C2H5N3O3/c6-3-1-5(8)2-4-7/h1,6,8H,2H2. The van der Waals surface area contributed by atoms with Crippen LogP contribution in [0.4, 0.5) is 0 Å². The Hall–Kier alpha value is -1.17. The van der Waals surface area contributed by atoms with E-state index in [9.17, 15) is 4.91 Å². The summed E-state index contributed by atoms with van der Waals surface area (Å²) < 4.78 is 0. The molecule has 0 saturated heterocycles. The lowest BCUT2D eigenvalue weighted by Gasteiger charge is -2.00. The average Bonchev–Trinajstić information content (AvgIpc) is 1.68. The van der Waals surface area contributed by atoms with Gasteiger partial charge in [0.15, 0.2) is 13.0 Å². The molecule has 0 aliphatic rings. The van der Waals surface area contributed by atoms with Crippen LogP contribution >= 0.6 is 0 Å². The molecule has 0 rings (SSSR count). The summed E-state index contributed by atoms with van der Waals surface area (Å²) in [4.78, 5) is 9.30. The fourth-order valence-electron chi connectivity index (χ4n) is 0.155. The van der Waals surface area contributed by atoms with Crippen LogP contribution in [-0.2, 0) is 0 Å². The Balaban J connectivity index is 3.31. The summed E-state index contributed by atoms with van der Waals surface area (Å²) in [7, 11) is 0. The van der Waals surface area contributed by atoms with E-state index in [-0.39, 0.29) is 0 Å². The van der Waals surface area contributed by atoms with Gasteiger partial charge in [-0.2, -0.15) is 0 Å². The normalized spacial score (nSPS) is 9.62. The van der Waals surface area contributed by atoms with Gasteiger partial charge in [0.1, 0.15) is 0 Å². The van der Waals surface area contributed by atoms with Crippen LogP contribution in [0.3, 0.4) is 0 Å². The second-order valence-electron chi connectivity index (χ2n) is 0.941. The van der Waals surface area contributed by atoms with Gasteiger partial charge in [0.2, 0.25) is 0 Å². The Morgan fingerprint density at radius 2 is 2.38 bits per heavy atom. The number of nitrogens with zero attached hydrogens (tertiary/aromatic N) is 3. The van der Waals surface area contributed by atoms with E-state index in [0.717, 1.165) is 0 Å². The first-order chi connectivity index (χ1) is 3.81. The summed E-state index contributed by atoms with van der Waals surface area (Å²) in [6.45, 7) is -0.440. The van der Waals surface area contributed by atoms with E-state index < -0.39 is 6.67 Å². The van der Waals surface area contributed by atoms with Crippen LogP contribution in [0.25, 0.3) is 0 Å². The Bertz CT molecular complexity index is 92.5. The van der Waals surface area contributed by atoms with Crippen molar-refractivity contribution in [2.24, 2.45) is 10.3 Å². The largest absolute Gasteiger partial charge is 0.410 e. The van der Waals surface area contributed by atoms with Crippen molar-refractivity contribution in [3.8, 4) is 0 Å². The molecule has 0 spiro atoms. The number of rotatable bonds is 3. The molecule has 0 aromatic carbocycles.